The van der Waals surface area contributed by atoms with Crippen LogP contribution in [0.15, 0.2) is 36.9 Å². The van der Waals surface area contributed by atoms with Gasteiger partial charge in [0.1, 0.15) is 0 Å². The maximum atomic E-state index is 4.40. The number of pyridine rings is 1. The monoisotopic (exact) mass is 198 g/mol. The predicted octanol–water partition coefficient (Wildman–Crippen LogP) is 1.96. The first kappa shape index (κ1) is 8.23. The third-order valence-corrected chi connectivity index (χ3v) is 2.55. The van der Waals surface area contributed by atoms with Crippen LogP contribution in [0.3, 0.4) is 0 Å². The second-order valence-electron chi connectivity index (χ2n) is 3.51. The predicted molar refractivity (Wildman–Crippen MR) is 58.3 cm³/mol. The number of nitrogens with zero attached hydrogens (tertiary/aromatic N) is 3. The molecule has 0 radical (unpaired) electrons. The lowest BCUT2D eigenvalue weighted by molar-refractivity contribution is 0.969. The van der Waals surface area contributed by atoms with Gasteiger partial charge in [0.2, 0.25) is 0 Å². The maximum Gasteiger partial charge on any atom is 0.0960 e. The number of H-pyrrole nitrogens is 1. The molecule has 3 aromatic rings. The van der Waals surface area contributed by atoms with Crippen LogP contribution in [-0.4, -0.2) is 19.7 Å². The van der Waals surface area contributed by atoms with Gasteiger partial charge in [0, 0.05) is 36.8 Å². The maximum absolute atomic E-state index is 4.40. The van der Waals surface area contributed by atoms with Gasteiger partial charge in [-0.2, -0.15) is 5.10 Å². The topological polar surface area (TPSA) is 46.5 Å². The Morgan fingerprint density at radius 1 is 1.40 bits per heavy atom. The molecule has 3 aromatic heterocycles. The van der Waals surface area contributed by atoms with Gasteiger partial charge in [-0.25, -0.2) is 0 Å². The van der Waals surface area contributed by atoms with Crippen LogP contribution in [-0.2, 0) is 7.05 Å². The van der Waals surface area contributed by atoms with E-state index in [1.807, 2.05) is 31.7 Å². The van der Waals surface area contributed by atoms with Crippen molar-refractivity contribution in [1.82, 2.24) is 19.7 Å². The van der Waals surface area contributed by atoms with Gasteiger partial charge in [-0.3, -0.25) is 10.1 Å². The van der Waals surface area contributed by atoms with Gasteiger partial charge < -0.3 is 4.57 Å². The summed E-state index contributed by atoms with van der Waals surface area (Å²) < 4.78 is 2.07. The summed E-state index contributed by atoms with van der Waals surface area (Å²) >= 11 is 0. The molecule has 0 aliphatic rings. The zero-order valence-corrected chi connectivity index (χ0v) is 8.31. The van der Waals surface area contributed by atoms with Crippen molar-refractivity contribution < 1.29 is 0 Å². The molecule has 0 fully saturated rings. The average Bonchev–Trinajstić information content (AvgIpc) is 2.87. The average molecular weight is 198 g/mol. The van der Waals surface area contributed by atoms with Gasteiger partial charge in [-0.05, 0) is 12.1 Å². The van der Waals surface area contributed by atoms with E-state index in [4.69, 9.17) is 0 Å². The van der Waals surface area contributed by atoms with E-state index in [0.29, 0.717) is 0 Å². The van der Waals surface area contributed by atoms with E-state index < -0.39 is 0 Å². The van der Waals surface area contributed by atoms with E-state index in [1.54, 1.807) is 0 Å². The SMILES string of the molecule is Cn1cc(-c2cn[nH]c2)c2ncccc21. The Morgan fingerprint density at radius 2 is 2.33 bits per heavy atom. The van der Waals surface area contributed by atoms with Crippen molar-refractivity contribution in [1.29, 1.82) is 0 Å². The van der Waals surface area contributed by atoms with Crippen LogP contribution < -0.4 is 0 Å². The number of aryl methyl sites for hydroxylation is 1. The van der Waals surface area contributed by atoms with Crippen LogP contribution >= 0.6 is 0 Å². The number of hydrogen-bond acceptors (Lipinski definition) is 2. The van der Waals surface area contributed by atoms with Crippen molar-refractivity contribution in [3.05, 3.63) is 36.9 Å². The van der Waals surface area contributed by atoms with Gasteiger partial charge in [0.05, 0.1) is 17.2 Å². The van der Waals surface area contributed by atoms with Crippen molar-refractivity contribution >= 4 is 11.0 Å². The first-order valence-electron chi connectivity index (χ1n) is 4.75. The molecule has 0 saturated carbocycles. The molecular formula is C11H10N4. The van der Waals surface area contributed by atoms with E-state index in [-0.39, 0.29) is 0 Å². The fourth-order valence-corrected chi connectivity index (χ4v) is 1.82. The minimum atomic E-state index is 1.02. The molecule has 0 atom stereocenters. The molecule has 0 aromatic carbocycles. The summed E-state index contributed by atoms with van der Waals surface area (Å²) in [6.07, 6.45) is 7.57. The lowest BCUT2D eigenvalue weighted by atomic mass is 10.2. The van der Waals surface area contributed by atoms with Crippen molar-refractivity contribution in [3.8, 4) is 11.1 Å². The normalized spacial score (nSPS) is 11.0. The number of aromatic nitrogens is 4. The standard InChI is InChI=1S/C11H10N4/c1-15-7-9(8-5-13-14-6-8)11-10(15)3-2-4-12-11/h2-7H,1H3,(H,13,14). The highest BCUT2D eigenvalue weighted by Gasteiger charge is 2.09. The molecule has 0 spiro atoms. The zero-order valence-electron chi connectivity index (χ0n) is 8.31. The van der Waals surface area contributed by atoms with Gasteiger partial charge in [-0.1, -0.05) is 0 Å². The highest BCUT2D eigenvalue weighted by molar-refractivity contribution is 5.92. The molecule has 15 heavy (non-hydrogen) atoms. The summed E-state index contributed by atoms with van der Waals surface area (Å²) in [5.41, 5.74) is 4.33. The third kappa shape index (κ3) is 1.15. The quantitative estimate of drug-likeness (QED) is 0.649. The van der Waals surface area contributed by atoms with E-state index >= 15 is 0 Å². The fraction of sp³-hybridized carbons (Fsp3) is 0.0909. The Labute approximate surface area is 86.6 Å². The van der Waals surface area contributed by atoms with Crippen LogP contribution in [0.2, 0.25) is 0 Å². The summed E-state index contributed by atoms with van der Waals surface area (Å²) in [6.45, 7) is 0. The molecule has 0 aliphatic carbocycles. The zero-order chi connectivity index (χ0) is 10.3. The highest BCUT2D eigenvalue weighted by Crippen LogP contribution is 2.27. The molecule has 0 aliphatic heterocycles. The van der Waals surface area contributed by atoms with Crippen LogP contribution in [0.25, 0.3) is 22.2 Å². The smallest absolute Gasteiger partial charge is 0.0960 e. The van der Waals surface area contributed by atoms with E-state index in [2.05, 4.69) is 32.0 Å². The minimum absolute atomic E-state index is 1.02. The molecule has 0 bridgehead atoms. The second-order valence-corrected chi connectivity index (χ2v) is 3.51. The molecule has 1 N–H and O–H groups in total. The number of fused-ring (bicyclic) bond motifs is 1. The van der Waals surface area contributed by atoms with Gasteiger partial charge in [-0.15, -0.1) is 0 Å². The molecule has 74 valence electrons. The molecule has 0 saturated heterocycles. The Balaban J connectivity index is 2.37. The minimum Gasteiger partial charge on any atom is -0.349 e. The van der Waals surface area contributed by atoms with Crippen molar-refractivity contribution in [3.63, 3.8) is 0 Å². The molecule has 0 amide bonds. The molecule has 4 nitrogen and oxygen atoms in total. The highest BCUT2D eigenvalue weighted by atomic mass is 15.1. The van der Waals surface area contributed by atoms with Crippen molar-refractivity contribution in [2.75, 3.05) is 0 Å². The lowest BCUT2D eigenvalue weighted by Gasteiger charge is -1.92. The molecule has 3 rings (SSSR count). The first-order chi connectivity index (χ1) is 7.36. The summed E-state index contributed by atoms with van der Waals surface area (Å²) in [6, 6.07) is 4.01. The van der Waals surface area contributed by atoms with Crippen molar-refractivity contribution in [2.45, 2.75) is 0 Å². The Kier molecular flexibility index (Phi) is 1.62. The van der Waals surface area contributed by atoms with Gasteiger partial charge in [0.15, 0.2) is 0 Å². The lowest BCUT2D eigenvalue weighted by Crippen LogP contribution is -1.82. The second kappa shape index (κ2) is 2.95. The Hall–Kier alpha value is -2.10. The molecule has 0 unspecified atom stereocenters. The Bertz CT molecular complexity index is 592. The fourth-order valence-electron chi connectivity index (χ4n) is 1.82. The van der Waals surface area contributed by atoms with E-state index in [0.717, 1.165) is 22.2 Å². The van der Waals surface area contributed by atoms with Crippen LogP contribution in [0.1, 0.15) is 0 Å². The summed E-state index contributed by atoms with van der Waals surface area (Å²) in [4.78, 5) is 4.40. The number of nitrogens with one attached hydrogen (secondary N) is 1. The van der Waals surface area contributed by atoms with Gasteiger partial charge in [0.25, 0.3) is 0 Å². The number of aromatic amines is 1. The van der Waals surface area contributed by atoms with E-state index in [1.165, 1.54) is 0 Å². The first-order valence-corrected chi connectivity index (χ1v) is 4.75. The van der Waals surface area contributed by atoms with E-state index in [9.17, 15) is 0 Å². The number of hydrogen-bond donors (Lipinski definition) is 1. The molecular weight excluding hydrogens is 188 g/mol. The summed E-state index contributed by atoms with van der Waals surface area (Å²) in [5.74, 6) is 0. The molecule has 3 heterocycles. The van der Waals surface area contributed by atoms with Crippen molar-refractivity contribution in [2.24, 2.45) is 7.05 Å². The number of rotatable bonds is 1. The third-order valence-electron chi connectivity index (χ3n) is 2.55. The largest absolute Gasteiger partial charge is 0.349 e. The molecule has 4 heteroatoms. The summed E-state index contributed by atoms with van der Waals surface area (Å²) in [5, 5.41) is 6.77. The van der Waals surface area contributed by atoms with Crippen LogP contribution in [0.4, 0.5) is 0 Å². The van der Waals surface area contributed by atoms with Gasteiger partial charge >= 0.3 is 0 Å². The Morgan fingerprint density at radius 3 is 3.13 bits per heavy atom. The van der Waals surface area contributed by atoms with Crippen LogP contribution in [0, 0.1) is 0 Å². The summed E-state index contributed by atoms with van der Waals surface area (Å²) in [7, 11) is 2.02. The van der Waals surface area contributed by atoms with Crippen LogP contribution in [0.5, 0.6) is 0 Å².